The Morgan fingerprint density at radius 2 is 1.00 bits per heavy atom. The molecule has 4 heteroatoms. The molecule has 0 aromatic heterocycles. The number of carbonyl (C=O) groups excluding carboxylic acids is 1. The molecule has 0 spiro atoms. The maximum absolute atomic E-state index is 12.2. The first-order valence-electron chi connectivity index (χ1n) is 19.2. The van der Waals surface area contributed by atoms with Gasteiger partial charge in [-0.15, -0.1) is 0 Å². The largest absolute Gasteiger partial charge is 0.457 e. The van der Waals surface area contributed by atoms with Crippen LogP contribution in [-0.4, -0.2) is 37.0 Å². The Hall–Kier alpha value is -1.65. The first kappa shape index (κ1) is 43.4. The van der Waals surface area contributed by atoms with E-state index in [0.29, 0.717) is 13.0 Å². The number of allylic oxidation sites excluding steroid dienone is 8. The Bertz CT molecular complexity index is 708. The van der Waals surface area contributed by atoms with Gasteiger partial charge in [0.1, 0.15) is 6.10 Å². The molecule has 1 atom stereocenters. The lowest BCUT2D eigenvalue weighted by molar-refractivity contribution is -0.154. The fourth-order valence-corrected chi connectivity index (χ4v) is 5.28. The van der Waals surface area contributed by atoms with E-state index >= 15 is 0 Å². The summed E-state index contributed by atoms with van der Waals surface area (Å²) in [6.07, 6.45) is 48.7. The van der Waals surface area contributed by atoms with E-state index in [2.05, 4.69) is 62.5 Å². The van der Waals surface area contributed by atoms with Gasteiger partial charge in [-0.1, -0.05) is 152 Å². The normalized spacial score (nSPS) is 12.9. The number of aliphatic hydroxyl groups excluding tert-OH is 1. The summed E-state index contributed by atoms with van der Waals surface area (Å²) in [4.78, 5) is 12.2. The van der Waals surface area contributed by atoms with Gasteiger partial charge in [-0.25, -0.2) is 0 Å². The Morgan fingerprint density at radius 1 is 0.556 bits per heavy atom. The molecule has 0 amide bonds. The number of carbonyl (C=O) groups is 1. The number of aliphatic hydroxyl groups is 1. The van der Waals surface area contributed by atoms with E-state index in [1.54, 1.807) is 0 Å². The maximum Gasteiger partial charge on any atom is 0.306 e. The zero-order valence-electron chi connectivity index (χ0n) is 29.9. The molecule has 0 aliphatic rings. The van der Waals surface area contributed by atoms with E-state index in [1.165, 1.54) is 109 Å². The standard InChI is InChI=1S/C41H74O4/c1-3-5-7-9-11-13-15-17-19-20-21-22-23-24-26-28-30-32-34-36-41(43)45-40(38-42)39-44-37-35-33-31-29-27-25-18-16-14-12-10-8-6-4-2/h6,8,12,14,17-19,25,40,42H,3-5,7,9-11,13,15-16,20-24,26-39H2,1-2H3/b8-6-,14-12-,19-17-,25-18-. The van der Waals surface area contributed by atoms with Crippen LogP contribution in [0.2, 0.25) is 0 Å². The molecule has 0 fully saturated rings. The fraction of sp³-hybridized carbons (Fsp3) is 0.780. The SMILES string of the molecule is CC/C=C\C/C=C\C/C=C\CCCCCCOCC(CO)OC(=O)CCCCCCCCCCC/C=C\CCCCCCCC. The van der Waals surface area contributed by atoms with E-state index in [4.69, 9.17) is 9.47 Å². The van der Waals surface area contributed by atoms with Gasteiger partial charge in [0, 0.05) is 13.0 Å². The first-order valence-corrected chi connectivity index (χ1v) is 19.2. The minimum Gasteiger partial charge on any atom is -0.457 e. The second kappa shape index (κ2) is 38.5. The Morgan fingerprint density at radius 3 is 1.53 bits per heavy atom. The molecule has 0 radical (unpaired) electrons. The van der Waals surface area contributed by atoms with Crippen LogP contribution in [0, 0.1) is 0 Å². The van der Waals surface area contributed by atoms with Gasteiger partial charge in [-0.05, 0) is 70.6 Å². The highest BCUT2D eigenvalue weighted by molar-refractivity contribution is 5.69. The average Bonchev–Trinajstić information content (AvgIpc) is 3.05. The van der Waals surface area contributed by atoms with Crippen molar-refractivity contribution < 1.29 is 19.4 Å². The summed E-state index contributed by atoms with van der Waals surface area (Å²) in [5, 5.41) is 9.56. The molecule has 0 aromatic carbocycles. The van der Waals surface area contributed by atoms with Crippen LogP contribution in [0.4, 0.5) is 0 Å². The van der Waals surface area contributed by atoms with Crippen molar-refractivity contribution in [2.45, 2.75) is 187 Å². The van der Waals surface area contributed by atoms with Crippen molar-refractivity contribution in [3.63, 3.8) is 0 Å². The van der Waals surface area contributed by atoms with Gasteiger partial charge < -0.3 is 14.6 Å². The highest BCUT2D eigenvalue weighted by Gasteiger charge is 2.13. The number of rotatable bonds is 35. The zero-order chi connectivity index (χ0) is 32.7. The summed E-state index contributed by atoms with van der Waals surface area (Å²) >= 11 is 0. The monoisotopic (exact) mass is 631 g/mol. The van der Waals surface area contributed by atoms with Gasteiger partial charge in [0.15, 0.2) is 0 Å². The third-order valence-corrected chi connectivity index (χ3v) is 8.14. The van der Waals surface area contributed by atoms with Crippen molar-refractivity contribution >= 4 is 5.97 Å². The van der Waals surface area contributed by atoms with Gasteiger partial charge in [-0.2, -0.15) is 0 Å². The molecule has 1 unspecified atom stereocenters. The second-order valence-corrected chi connectivity index (χ2v) is 12.6. The lowest BCUT2D eigenvalue weighted by Crippen LogP contribution is -2.27. The summed E-state index contributed by atoms with van der Waals surface area (Å²) in [7, 11) is 0. The molecular formula is C41H74O4. The minimum atomic E-state index is -0.546. The molecule has 0 aliphatic heterocycles. The van der Waals surface area contributed by atoms with Crippen molar-refractivity contribution in [3.05, 3.63) is 48.6 Å². The van der Waals surface area contributed by atoms with Crippen LogP contribution < -0.4 is 0 Å². The highest BCUT2D eigenvalue weighted by Crippen LogP contribution is 2.13. The molecule has 0 saturated heterocycles. The predicted molar refractivity (Wildman–Crippen MR) is 196 cm³/mol. The van der Waals surface area contributed by atoms with Gasteiger partial charge in [-0.3, -0.25) is 4.79 Å². The molecule has 45 heavy (non-hydrogen) atoms. The Kier molecular flexibility index (Phi) is 37.1. The van der Waals surface area contributed by atoms with Crippen molar-refractivity contribution in [2.24, 2.45) is 0 Å². The Labute approximate surface area is 280 Å². The topological polar surface area (TPSA) is 55.8 Å². The van der Waals surface area contributed by atoms with E-state index < -0.39 is 6.10 Å². The minimum absolute atomic E-state index is 0.182. The van der Waals surface area contributed by atoms with Gasteiger partial charge in [0.05, 0.1) is 13.2 Å². The number of hydrogen-bond acceptors (Lipinski definition) is 4. The van der Waals surface area contributed by atoms with E-state index in [1.807, 2.05) is 0 Å². The molecule has 0 bridgehead atoms. The molecule has 0 saturated carbocycles. The lowest BCUT2D eigenvalue weighted by Gasteiger charge is -2.15. The molecule has 262 valence electrons. The lowest BCUT2D eigenvalue weighted by atomic mass is 10.1. The van der Waals surface area contributed by atoms with Gasteiger partial charge >= 0.3 is 5.97 Å². The van der Waals surface area contributed by atoms with Crippen molar-refractivity contribution in [3.8, 4) is 0 Å². The molecule has 4 nitrogen and oxygen atoms in total. The van der Waals surface area contributed by atoms with Crippen molar-refractivity contribution in [1.82, 2.24) is 0 Å². The number of ether oxygens (including phenoxy) is 2. The van der Waals surface area contributed by atoms with Crippen LogP contribution in [0.25, 0.3) is 0 Å². The third-order valence-electron chi connectivity index (χ3n) is 8.14. The molecular weight excluding hydrogens is 556 g/mol. The van der Waals surface area contributed by atoms with Crippen LogP contribution in [-0.2, 0) is 14.3 Å². The maximum atomic E-state index is 12.2. The van der Waals surface area contributed by atoms with E-state index in [9.17, 15) is 9.90 Å². The quantitative estimate of drug-likeness (QED) is 0.0430. The van der Waals surface area contributed by atoms with Crippen LogP contribution in [0.5, 0.6) is 0 Å². The van der Waals surface area contributed by atoms with Crippen LogP contribution >= 0.6 is 0 Å². The first-order chi connectivity index (χ1) is 22.2. The van der Waals surface area contributed by atoms with Gasteiger partial charge in [0.2, 0.25) is 0 Å². The fourth-order valence-electron chi connectivity index (χ4n) is 5.28. The molecule has 1 N–H and O–H groups in total. The molecule has 0 aromatic rings. The average molecular weight is 631 g/mol. The summed E-state index contributed by atoms with van der Waals surface area (Å²) < 4.78 is 11.1. The third kappa shape index (κ3) is 36.7. The predicted octanol–water partition coefficient (Wildman–Crippen LogP) is 12.3. The summed E-state index contributed by atoms with van der Waals surface area (Å²) in [5.41, 5.74) is 0. The molecule has 0 heterocycles. The zero-order valence-corrected chi connectivity index (χ0v) is 29.9. The number of esters is 1. The highest BCUT2D eigenvalue weighted by atomic mass is 16.6. The van der Waals surface area contributed by atoms with Crippen molar-refractivity contribution in [1.29, 1.82) is 0 Å². The van der Waals surface area contributed by atoms with Crippen LogP contribution in [0.15, 0.2) is 48.6 Å². The Balaban J connectivity index is 3.47. The van der Waals surface area contributed by atoms with Crippen molar-refractivity contribution in [2.75, 3.05) is 19.8 Å². The van der Waals surface area contributed by atoms with Gasteiger partial charge in [0.25, 0.3) is 0 Å². The van der Waals surface area contributed by atoms with Crippen LogP contribution in [0.1, 0.15) is 181 Å². The number of hydrogen-bond donors (Lipinski definition) is 1. The van der Waals surface area contributed by atoms with E-state index in [0.717, 1.165) is 51.4 Å². The number of unbranched alkanes of at least 4 members (excludes halogenated alkanes) is 19. The smallest absolute Gasteiger partial charge is 0.306 e. The van der Waals surface area contributed by atoms with E-state index in [-0.39, 0.29) is 19.2 Å². The summed E-state index contributed by atoms with van der Waals surface area (Å²) in [6, 6.07) is 0. The summed E-state index contributed by atoms with van der Waals surface area (Å²) in [5.74, 6) is -0.212. The molecule has 0 rings (SSSR count). The van der Waals surface area contributed by atoms with Crippen LogP contribution in [0.3, 0.4) is 0 Å². The second-order valence-electron chi connectivity index (χ2n) is 12.6. The summed E-state index contributed by atoms with van der Waals surface area (Å²) in [6.45, 7) is 5.18. The molecule has 0 aliphatic carbocycles.